The maximum absolute atomic E-state index is 12.1. The van der Waals surface area contributed by atoms with Crippen molar-refractivity contribution in [2.45, 2.75) is 56.8 Å². The molecule has 1 fully saturated rings. The third kappa shape index (κ3) is 6.27. The van der Waals surface area contributed by atoms with E-state index in [0.717, 1.165) is 0 Å². The van der Waals surface area contributed by atoms with Crippen LogP contribution in [0.4, 0.5) is 5.82 Å². The Kier molecular flexibility index (Phi) is 7.53. The minimum absolute atomic E-state index is 0.137. The lowest BCUT2D eigenvalue weighted by atomic mass is 10.2. The molecule has 1 aromatic heterocycles. The molecule has 0 aromatic carbocycles. The number of nitrogens with zero attached hydrogens (tertiary/aromatic N) is 2. The van der Waals surface area contributed by atoms with Crippen LogP contribution in [0.1, 0.15) is 39.8 Å². The van der Waals surface area contributed by atoms with Gasteiger partial charge in [-0.25, -0.2) is 4.79 Å². The zero-order chi connectivity index (χ0) is 19.3. The average molecular weight is 404 g/mol. The van der Waals surface area contributed by atoms with Gasteiger partial charge in [0.15, 0.2) is 0 Å². The van der Waals surface area contributed by atoms with E-state index in [9.17, 15) is 14.7 Å². The SMILES string of the molecule is CC(C)(C)SSCCC(=O)Nc1ccn(C2CC(O)C(CO)O2)c(=O)n1. The molecule has 1 amide bonds. The number of anilines is 1. The van der Waals surface area contributed by atoms with Gasteiger partial charge in [-0.2, -0.15) is 4.98 Å². The van der Waals surface area contributed by atoms with Gasteiger partial charge in [0.1, 0.15) is 18.1 Å². The Morgan fingerprint density at radius 2 is 2.23 bits per heavy atom. The topological polar surface area (TPSA) is 114 Å². The molecule has 10 heteroatoms. The average Bonchev–Trinajstić information content (AvgIpc) is 2.91. The summed E-state index contributed by atoms with van der Waals surface area (Å²) in [5.41, 5.74) is -0.587. The molecule has 146 valence electrons. The molecule has 0 radical (unpaired) electrons. The van der Waals surface area contributed by atoms with Crippen molar-refractivity contribution in [3.05, 3.63) is 22.7 Å². The van der Waals surface area contributed by atoms with Gasteiger partial charge in [0.2, 0.25) is 5.91 Å². The maximum Gasteiger partial charge on any atom is 0.351 e. The summed E-state index contributed by atoms with van der Waals surface area (Å²) in [7, 11) is 3.35. The second-order valence-electron chi connectivity index (χ2n) is 6.93. The van der Waals surface area contributed by atoms with Crippen molar-refractivity contribution in [2.24, 2.45) is 0 Å². The normalized spacial score (nSPS) is 23.2. The largest absolute Gasteiger partial charge is 0.394 e. The van der Waals surface area contributed by atoms with Crippen LogP contribution in [0.3, 0.4) is 0 Å². The van der Waals surface area contributed by atoms with Crippen LogP contribution in [-0.4, -0.2) is 55.0 Å². The summed E-state index contributed by atoms with van der Waals surface area (Å²) in [6.07, 6.45) is -0.241. The van der Waals surface area contributed by atoms with E-state index < -0.39 is 24.1 Å². The second kappa shape index (κ2) is 9.23. The summed E-state index contributed by atoms with van der Waals surface area (Å²) in [5, 5.41) is 21.5. The zero-order valence-corrected chi connectivity index (χ0v) is 16.7. The van der Waals surface area contributed by atoms with Gasteiger partial charge in [-0.1, -0.05) is 42.4 Å². The molecular formula is C16H25N3O5S2. The maximum atomic E-state index is 12.1. The van der Waals surface area contributed by atoms with Crippen LogP contribution in [-0.2, 0) is 9.53 Å². The quantitative estimate of drug-likeness (QED) is 0.462. The van der Waals surface area contributed by atoms with Crippen LogP contribution < -0.4 is 11.0 Å². The first-order valence-electron chi connectivity index (χ1n) is 8.33. The third-order valence-corrected chi connectivity index (χ3v) is 6.86. The summed E-state index contributed by atoms with van der Waals surface area (Å²) in [5.74, 6) is 0.646. The van der Waals surface area contributed by atoms with E-state index in [2.05, 4.69) is 31.1 Å². The fourth-order valence-corrected chi connectivity index (χ4v) is 4.58. The number of aromatic nitrogens is 2. The van der Waals surface area contributed by atoms with E-state index in [-0.39, 0.29) is 29.5 Å². The predicted octanol–water partition coefficient (Wildman–Crippen LogP) is 1.39. The number of carbonyl (C=O) groups excluding carboxylic acids is 1. The van der Waals surface area contributed by atoms with E-state index in [4.69, 9.17) is 9.84 Å². The number of ether oxygens (including phenoxy) is 1. The van der Waals surface area contributed by atoms with Gasteiger partial charge in [0.25, 0.3) is 0 Å². The standard InChI is InChI=1S/C16H25N3O5S2/c1-16(2,3)26-25-7-5-13(22)17-12-4-6-19(15(23)18-12)14-8-10(21)11(9-20)24-14/h4,6,10-11,14,20-21H,5,7-9H2,1-3H3,(H,17,18,22,23). The Morgan fingerprint density at radius 3 is 2.81 bits per heavy atom. The first kappa shape index (κ1) is 21.2. The molecule has 1 saturated heterocycles. The van der Waals surface area contributed by atoms with Gasteiger partial charge in [-0.3, -0.25) is 9.36 Å². The van der Waals surface area contributed by atoms with Crippen LogP contribution >= 0.6 is 21.6 Å². The highest BCUT2D eigenvalue weighted by atomic mass is 33.1. The van der Waals surface area contributed by atoms with Crippen LogP contribution in [0.15, 0.2) is 17.1 Å². The lowest BCUT2D eigenvalue weighted by molar-refractivity contribution is -0.115. The molecule has 0 bridgehead atoms. The highest BCUT2D eigenvalue weighted by Gasteiger charge is 2.34. The highest BCUT2D eigenvalue weighted by Crippen LogP contribution is 2.35. The van der Waals surface area contributed by atoms with Gasteiger partial charge in [0, 0.05) is 29.5 Å². The number of aliphatic hydroxyl groups excluding tert-OH is 2. The number of amides is 1. The van der Waals surface area contributed by atoms with Crippen molar-refractivity contribution < 1.29 is 19.7 Å². The molecule has 1 aliphatic heterocycles. The molecular weight excluding hydrogens is 378 g/mol. The molecule has 8 nitrogen and oxygen atoms in total. The first-order chi connectivity index (χ1) is 12.2. The van der Waals surface area contributed by atoms with Crippen LogP contribution in [0.5, 0.6) is 0 Å². The molecule has 3 atom stereocenters. The van der Waals surface area contributed by atoms with E-state index >= 15 is 0 Å². The minimum Gasteiger partial charge on any atom is -0.394 e. The summed E-state index contributed by atoms with van der Waals surface area (Å²) in [6, 6.07) is 1.51. The van der Waals surface area contributed by atoms with E-state index in [1.165, 1.54) is 16.8 Å². The zero-order valence-electron chi connectivity index (χ0n) is 15.0. The number of nitrogens with one attached hydrogen (secondary N) is 1. The lowest BCUT2D eigenvalue weighted by Crippen LogP contribution is -2.28. The summed E-state index contributed by atoms with van der Waals surface area (Å²) >= 11 is 0. The van der Waals surface area contributed by atoms with Crippen molar-refractivity contribution >= 4 is 33.3 Å². The Bertz CT molecular complexity index is 677. The third-order valence-electron chi connectivity index (χ3n) is 3.51. The van der Waals surface area contributed by atoms with E-state index in [1.54, 1.807) is 21.6 Å². The molecule has 2 heterocycles. The summed E-state index contributed by atoms with van der Waals surface area (Å²) < 4.78 is 6.81. The van der Waals surface area contributed by atoms with Gasteiger partial charge in [-0.15, -0.1) is 0 Å². The Hall–Kier alpha value is -1.07. The van der Waals surface area contributed by atoms with E-state index in [0.29, 0.717) is 12.2 Å². The van der Waals surface area contributed by atoms with Crippen molar-refractivity contribution in [1.82, 2.24) is 9.55 Å². The fourth-order valence-electron chi connectivity index (χ4n) is 2.31. The van der Waals surface area contributed by atoms with Crippen LogP contribution in [0.2, 0.25) is 0 Å². The first-order valence-corrected chi connectivity index (χ1v) is 10.7. The van der Waals surface area contributed by atoms with Crippen LogP contribution in [0, 0.1) is 0 Å². The summed E-state index contributed by atoms with van der Waals surface area (Å²) in [6.45, 7) is 6.01. The Labute approximate surface area is 160 Å². The number of hydrogen-bond acceptors (Lipinski definition) is 8. The number of hydrogen-bond donors (Lipinski definition) is 3. The van der Waals surface area contributed by atoms with Gasteiger partial charge in [-0.05, 0) is 6.07 Å². The fraction of sp³-hybridized carbons (Fsp3) is 0.688. The van der Waals surface area contributed by atoms with Gasteiger partial charge < -0.3 is 20.3 Å². The molecule has 1 aromatic rings. The summed E-state index contributed by atoms with van der Waals surface area (Å²) in [4.78, 5) is 27.9. The van der Waals surface area contributed by atoms with E-state index in [1.807, 2.05) is 0 Å². The molecule has 2 rings (SSSR count). The molecule has 3 unspecified atom stereocenters. The molecule has 0 aliphatic carbocycles. The predicted molar refractivity (Wildman–Crippen MR) is 103 cm³/mol. The van der Waals surface area contributed by atoms with Crippen molar-refractivity contribution in [3.8, 4) is 0 Å². The Morgan fingerprint density at radius 1 is 1.50 bits per heavy atom. The highest BCUT2D eigenvalue weighted by molar-refractivity contribution is 8.77. The number of carbonyl (C=O) groups is 1. The number of aliphatic hydroxyl groups is 2. The monoisotopic (exact) mass is 403 g/mol. The second-order valence-corrected chi connectivity index (χ2v) is 10.2. The van der Waals surface area contributed by atoms with Crippen LogP contribution in [0.25, 0.3) is 0 Å². The molecule has 3 N–H and O–H groups in total. The minimum atomic E-state index is -0.834. The number of rotatable bonds is 7. The molecule has 0 saturated carbocycles. The van der Waals surface area contributed by atoms with Crippen molar-refractivity contribution in [2.75, 3.05) is 17.7 Å². The smallest absolute Gasteiger partial charge is 0.351 e. The molecule has 0 spiro atoms. The Balaban J connectivity index is 1.87. The van der Waals surface area contributed by atoms with Crippen molar-refractivity contribution in [3.63, 3.8) is 0 Å². The van der Waals surface area contributed by atoms with Crippen molar-refractivity contribution in [1.29, 1.82) is 0 Å². The van der Waals surface area contributed by atoms with Gasteiger partial charge in [0.05, 0.1) is 12.7 Å². The van der Waals surface area contributed by atoms with Gasteiger partial charge >= 0.3 is 5.69 Å². The molecule has 26 heavy (non-hydrogen) atoms. The molecule has 1 aliphatic rings. The lowest BCUT2D eigenvalue weighted by Gasteiger charge is -2.16.